The summed E-state index contributed by atoms with van der Waals surface area (Å²) in [6.07, 6.45) is 0.622. The van der Waals surface area contributed by atoms with Gasteiger partial charge in [0.25, 0.3) is 5.91 Å². The largest absolute Gasteiger partial charge is 0.334 e. The Labute approximate surface area is 78.8 Å². The summed E-state index contributed by atoms with van der Waals surface area (Å²) in [6.45, 7) is 3.60. The van der Waals surface area contributed by atoms with E-state index in [9.17, 15) is 9.59 Å². The van der Waals surface area contributed by atoms with Gasteiger partial charge in [-0.25, -0.2) is 7.91 Å². The maximum atomic E-state index is 11.3. The molecule has 1 saturated heterocycles. The highest BCUT2D eigenvalue weighted by atomic mass is 127. The molecule has 0 saturated carbocycles. The van der Waals surface area contributed by atoms with Gasteiger partial charge in [-0.1, -0.05) is 6.92 Å². The van der Waals surface area contributed by atoms with Crippen molar-refractivity contribution in [3.05, 3.63) is 0 Å². The maximum absolute atomic E-state index is 11.3. The highest BCUT2D eigenvalue weighted by Crippen LogP contribution is 2.22. The van der Waals surface area contributed by atoms with Gasteiger partial charge in [0.15, 0.2) is 0 Å². The second-order valence-electron chi connectivity index (χ2n) is 2.70. The van der Waals surface area contributed by atoms with Crippen molar-refractivity contribution in [2.24, 2.45) is 0 Å². The van der Waals surface area contributed by atoms with E-state index in [1.165, 1.54) is 0 Å². The van der Waals surface area contributed by atoms with Gasteiger partial charge in [-0.3, -0.25) is 4.79 Å². The predicted molar refractivity (Wildman–Crippen MR) is 48.1 cm³/mol. The molecule has 0 spiro atoms. The van der Waals surface area contributed by atoms with E-state index < -0.39 is 5.54 Å². The second kappa shape index (κ2) is 2.62. The van der Waals surface area contributed by atoms with Crippen LogP contribution in [-0.2, 0) is 4.79 Å². The minimum absolute atomic E-state index is 0.161. The maximum Gasteiger partial charge on any atom is 0.334 e. The van der Waals surface area contributed by atoms with Crippen LogP contribution in [0.15, 0.2) is 0 Å². The van der Waals surface area contributed by atoms with Crippen molar-refractivity contribution < 1.29 is 9.59 Å². The van der Waals surface area contributed by atoms with Crippen molar-refractivity contribution in [1.82, 2.24) is 8.43 Å². The molecule has 0 aliphatic carbocycles. The van der Waals surface area contributed by atoms with Gasteiger partial charge >= 0.3 is 6.03 Å². The fraction of sp³-hybridized carbons (Fsp3) is 0.667. The van der Waals surface area contributed by atoms with Gasteiger partial charge in [-0.15, -0.1) is 0 Å². The summed E-state index contributed by atoms with van der Waals surface area (Å²) >= 11 is 1.70. The number of carbonyl (C=O) groups excluding carboxylic acids is 2. The quantitative estimate of drug-likeness (QED) is 0.439. The molecule has 1 aliphatic rings. The lowest BCUT2D eigenvalue weighted by Crippen LogP contribution is -2.42. The Morgan fingerprint density at radius 3 is 2.36 bits per heavy atom. The molecule has 1 fully saturated rings. The molecule has 1 unspecified atom stereocenters. The molecule has 0 aromatic heterocycles. The highest BCUT2D eigenvalue weighted by Gasteiger charge is 2.45. The molecule has 0 aromatic carbocycles. The van der Waals surface area contributed by atoms with E-state index in [0.717, 1.165) is 3.11 Å². The van der Waals surface area contributed by atoms with Crippen LogP contribution in [0.4, 0.5) is 4.79 Å². The summed E-state index contributed by atoms with van der Waals surface area (Å²) < 4.78 is 1.08. The Balaban J connectivity index is 2.91. The minimum Gasteiger partial charge on any atom is -0.323 e. The second-order valence-corrected chi connectivity index (χ2v) is 3.67. The Kier molecular flexibility index (Phi) is 2.08. The smallest absolute Gasteiger partial charge is 0.323 e. The molecule has 0 bridgehead atoms. The van der Waals surface area contributed by atoms with Crippen LogP contribution in [0.25, 0.3) is 0 Å². The van der Waals surface area contributed by atoms with Crippen molar-refractivity contribution in [2.75, 3.05) is 0 Å². The summed E-state index contributed by atoms with van der Waals surface area (Å²) in [7, 11) is 0. The zero-order valence-electron chi connectivity index (χ0n) is 6.35. The Bertz CT molecular complexity index is 219. The summed E-state index contributed by atoms with van der Waals surface area (Å²) in [5, 5.41) is 2.61. The molecule has 5 heteroatoms. The Morgan fingerprint density at radius 1 is 1.64 bits per heavy atom. The highest BCUT2D eigenvalue weighted by molar-refractivity contribution is 14.1. The number of nitrogens with zero attached hydrogens (tertiary/aromatic N) is 1. The number of amides is 3. The monoisotopic (exact) mass is 268 g/mol. The molecule has 1 N–H and O–H groups in total. The average Bonchev–Trinajstić information content (AvgIpc) is 2.17. The molecule has 4 nitrogen and oxygen atoms in total. The van der Waals surface area contributed by atoms with E-state index in [1.807, 2.05) is 6.92 Å². The standard InChI is InChI=1S/C6H9IN2O2/c1-3-6(2)4(10)9(7)5(11)8-6/h3H2,1-2H3,(H,8,11). The summed E-state index contributed by atoms with van der Waals surface area (Å²) in [4.78, 5) is 22.2. The number of hydrogen-bond donors (Lipinski definition) is 1. The van der Waals surface area contributed by atoms with Gasteiger partial charge < -0.3 is 5.32 Å². The predicted octanol–water partition coefficient (Wildman–Crippen LogP) is 1.06. The van der Waals surface area contributed by atoms with Gasteiger partial charge in [-0.05, 0) is 13.3 Å². The molecule has 3 amide bonds. The van der Waals surface area contributed by atoms with Crippen molar-refractivity contribution in [3.63, 3.8) is 0 Å². The van der Waals surface area contributed by atoms with Gasteiger partial charge in [-0.2, -0.15) is 0 Å². The van der Waals surface area contributed by atoms with Gasteiger partial charge in [0.2, 0.25) is 0 Å². The van der Waals surface area contributed by atoms with Crippen LogP contribution >= 0.6 is 22.9 Å². The number of imide groups is 1. The first kappa shape index (κ1) is 8.76. The Hall–Kier alpha value is -0.330. The number of nitrogens with one attached hydrogen (secondary N) is 1. The molecular formula is C6H9IN2O2. The van der Waals surface area contributed by atoms with E-state index in [0.29, 0.717) is 6.42 Å². The van der Waals surface area contributed by atoms with E-state index in [1.54, 1.807) is 29.8 Å². The fourth-order valence-corrected chi connectivity index (χ4v) is 1.54. The summed E-state index contributed by atoms with van der Waals surface area (Å²) in [5.41, 5.74) is -0.682. The SMILES string of the molecule is CCC1(C)NC(=O)N(I)C1=O. The lowest BCUT2D eigenvalue weighted by molar-refractivity contribution is -0.126. The molecule has 11 heavy (non-hydrogen) atoms. The van der Waals surface area contributed by atoms with Gasteiger partial charge in [0, 0.05) is 0 Å². The summed E-state index contributed by atoms with van der Waals surface area (Å²) in [6, 6.07) is -0.319. The molecule has 1 heterocycles. The van der Waals surface area contributed by atoms with Crippen LogP contribution in [0, 0.1) is 0 Å². The molecule has 1 atom stereocenters. The van der Waals surface area contributed by atoms with E-state index >= 15 is 0 Å². The van der Waals surface area contributed by atoms with Crippen LogP contribution < -0.4 is 5.32 Å². The molecular weight excluding hydrogens is 259 g/mol. The third-order valence-electron chi connectivity index (χ3n) is 1.92. The van der Waals surface area contributed by atoms with E-state index in [2.05, 4.69) is 5.32 Å². The number of carbonyl (C=O) groups is 2. The molecule has 1 aliphatic heterocycles. The van der Waals surface area contributed by atoms with E-state index in [4.69, 9.17) is 0 Å². The molecule has 1 rings (SSSR count). The zero-order valence-corrected chi connectivity index (χ0v) is 8.51. The topological polar surface area (TPSA) is 49.4 Å². The van der Waals surface area contributed by atoms with Crippen LogP contribution in [0.1, 0.15) is 20.3 Å². The minimum atomic E-state index is -0.682. The average molecular weight is 268 g/mol. The van der Waals surface area contributed by atoms with Crippen molar-refractivity contribution in [1.29, 1.82) is 0 Å². The third-order valence-corrected chi connectivity index (χ3v) is 2.79. The lowest BCUT2D eigenvalue weighted by atomic mass is 10.0. The first-order chi connectivity index (χ1) is 5.01. The van der Waals surface area contributed by atoms with Crippen molar-refractivity contribution in [3.8, 4) is 0 Å². The Morgan fingerprint density at radius 2 is 2.18 bits per heavy atom. The van der Waals surface area contributed by atoms with Crippen molar-refractivity contribution in [2.45, 2.75) is 25.8 Å². The van der Waals surface area contributed by atoms with Gasteiger partial charge in [0.05, 0.1) is 22.9 Å². The first-order valence-corrected chi connectivity index (χ1v) is 4.30. The van der Waals surface area contributed by atoms with Crippen LogP contribution in [0.3, 0.4) is 0 Å². The zero-order chi connectivity index (χ0) is 8.65. The fourth-order valence-electron chi connectivity index (χ4n) is 0.887. The van der Waals surface area contributed by atoms with E-state index in [-0.39, 0.29) is 11.9 Å². The lowest BCUT2D eigenvalue weighted by Gasteiger charge is -2.17. The third kappa shape index (κ3) is 1.21. The first-order valence-electron chi connectivity index (χ1n) is 3.34. The number of halogens is 1. The number of urea groups is 1. The molecule has 62 valence electrons. The normalized spacial score (nSPS) is 31.0. The van der Waals surface area contributed by atoms with Crippen molar-refractivity contribution >= 4 is 34.8 Å². The molecule has 0 aromatic rings. The number of rotatable bonds is 1. The van der Waals surface area contributed by atoms with Gasteiger partial charge in [0.1, 0.15) is 5.54 Å². The molecule has 0 radical (unpaired) electrons. The number of hydrogen-bond acceptors (Lipinski definition) is 2. The summed E-state index contributed by atoms with van der Waals surface area (Å²) in [5.74, 6) is -0.161. The van der Waals surface area contributed by atoms with Crippen LogP contribution in [0.2, 0.25) is 0 Å². The van der Waals surface area contributed by atoms with Crippen LogP contribution in [0.5, 0.6) is 0 Å². The van der Waals surface area contributed by atoms with Crippen LogP contribution in [-0.4, -0.2) is 20.6 Å².